The van der Waals surface area contributed by atoms with E-state index in [1.165, 1.54) is 11.8 Å². The van der Waals surface area contributed by atoms with E-state index >= 15 is 0 Å². The Hall–Kier alpha value is -2.70. The molecule has 1 aliphatic heterocycles. The topological polar surface area (TPSA) is 111 Å². The summed E-state index contributed by atoms with van der Waals surface area (Å²) in [6, 6.07) is 24.9. The zero-order valence-corrected chi connectivity index (χ0v) is 24.7. The first kappa shape index (κ1) is 29.8. The lowest BCUT2D eigenvalue weighted by Gasteiger charge is -2.36. The van der Waals surface area contributed by atoms with Gasteiger partial charge in [-0.05, 0) is 39.2 Å². The maximum atomic E-state index is 11.9. The lowest BCUT2D eigenvalue weighted by atomic mass is 10.0. The molecule has 2 N–H and O–H groups in total. The van der Waals surface area contributed by atoms with E-state index in [2.05, 4.69) is 20.8 Å². The predicted octanol–water partition coefficient (Wildman–Crippen LogP) is 5.48. The molecule has 4 aromatic rings. The van der Waals surface area contributed by atoms with E-state index in [1.807, 2.05) is 78.9 Å². The Labute approximate surface area is 256 Å². The third-order valence-electron chi connectivity index (χ3n) is 6.42. The number of benzene rings is 3. The minimum absolute atomic E-state index is 0.0264. The average Bonchev–Trinajstić information content (AvgIpc) is 3.48. The molecule has 9 nitrogen and oxygen atoms in total. The first-order valence-electron chi connectivity index (χ1n) is 12.7. The number of hydrogen-bond donors (Lipinski definition) is 2. The molecule has 3 atom stereocenters. The second kappa shape index (κ2) is 13.5. The average molecular weight is 635 g/mol. The molecule has 5 rings (SSSR count). The van der Waals surface area contributed by atoms with Crippen LogP contribution in [0.2, 0.25) is 0 Å². The minimum atomic E-state index is -2.02. The summed E-state index contributed by atoms with van der Waals surface area (Å²) in [5, 5.41) is 24.9. The second-order valence-electron chi connectivity index (χ2n) is 9.29. The maximum absolute atomic E-state index is 11.9. The number of aliphatic hydroxyl groups is 1. The monoisotopic (exact) mass is 633 g/mol. The van der Waals surface area contributed by atoms with Gasteiger partial charge in [0.2, 0.25) is 5.16 Å². The number of hydrogen-bond acceptors (Lipinski definition) is 8. The SMILES string of the molecule is O=C(NCc1ccc(C2OC(CSc3nnnn3-c3ccccc3)CC(c3ccc(CO)cc3)O2)cc1)C(Cl)(Cl)Cl. The van der Waals surface area contributed by atoms with Crippen LogP contribution < -0.4 is 5.32 Å². The molecule has 41 heavy (non-hydrogen) atoms. The van der Waals surface area contributed by atoms with Gasteiger partial charge in [0.05, 0.1) is 24.5 Å². The molecule has 1 saturated heterocycles. The molecule has 1 aromatic heterocycles. The van der Waals surface area contributed by atoms with E-state index < -0.39 is 16.0 Å². The smallest absolute Gasteiger partial charge is 0.272 e. The Morgan fingerprint density at radius 1 is 0.976 bits per heavy atom. The highest BCUT2D eigenvalue weighted by Gasteiger charge is 2.33. The van der Waals surface area contributed by atoms with Crippen LogP contribution in [0, 0.1) is 0 Å². The standard InChI is InChI=1S/C28H26Cl3N5O4S/c29-28(30,31)26(38)32-15-18-6-12-21(13-7-18)25-39-23(14-24(40-25)20-10-8-19(16-37)9-11-20)17-41-27-33-34-35-36(27)22-4-2-1-3-5-22/h1-13,23-25,37H,14-17H2,(H,32,38). The number of para-hydroxylation sites is 1. The zero-order valence-electron chi connectivity index (χ0n) is 21.6. The number of tetrazole rings is 1. The van der Waals surface area contributed by atoms with Crippen molar-refractivity contribution >= 4 is 52.5 Å². The van der Waals surface area contributed by atoms with E-state index in [9.17, 15) is 9.90 Å². The van der Waals surface area contributed by atoms with Crippen molar-refractivity contribution in [3.63, 3.8) is 0 Å². The van der Waals surface area contributed by atoms with Crippen LogP contribution in [0.4, 0.5) is 0 Å². The van der Waals surface area contributed by atoms with Crippen molar-refractivity contribution in [3.05, 3.63) is 101 Å². The fourth-order valence-corrected chi connectivity index (χ4v) is 5.37. The Bertz CT molecular complexity index is 1440. The Balaban J connectivity index is 1.31. The highest BCUT2D eigenvalue weighted by Crippen LogP contribution is 2.39. The van der Waals surface area contributed by atoms with Crippen molar-refractivity contribution in [3.8, 4) is 5.69 Å². The number of nitrogens with one attached hydrogen (secondary N) is 1. The number of aromatic nitrogens is 4. The largest absolute Gasteiger partial charge is 0.392 e. The third-order valence-corrected chi connectivity index (χ3v) is 7.98. The minimum Gasteiger partial charge on any atom is -0.392 e. The predicted molar refractivity (Wildman–Crippen MR) is 157 cm³/mol. The van der Waals surface area contributed by atoms with Gasteiger partial charge in [0, 0.05) is 24.3 Å². The molecule has 1 amide bonds. The summed E-state index contributed by atoms with van der Waals surface area (Å²) in [6.07, 6.45) is -0.423. The second-order valence-corrected chi connectivity index (χ2v) is 12.6. The molecule has 214 valence electrons. The van der Waals surface area contributed by atoms with Crippen LogP contribution in [-0.4, -0.2) is 46.9 Å². The molecule has 3 unspecified atom stereocenters. The number of thioether (sulfide) groups is 1. The fraction of sp³-hybridized carbons (Fsp3) is 0.286. The number of carbonyl (C=O) groups excluding carboxylic acids is 1. The lowest BCUT2D eigenvalue weighted by molar-refractivity contribution is -0.245. The van der Waals surface area contributed by atoms with Crippen molar-refractivity contribution in [2.24, 2.45) is 0 Å². The van der Waals surface area contributed by atoms with E-state index in [1.54, 1.807) is 4.68 Å². The van der Waals surface area contributed by atoms with Crippen LogP contribution in [0.3, 0.4) is 0 Å². The van der Waals surface area contributed by atoms with Gasteiger partial charge < -0.3 is 19.9 Å². The third kappa shape index (κ3) is 7.78. The summed E-state index contributed by atoms with van der Waals surface area (Å²) in [4.78, 5) is 11.9. The maximum Gasteiger partial charge on any atom is 0.272 e. The van der Waals surface area contributed by atoms with Gasteiger partial charge in [-0.1, -0.05) is 113 Å². The summed E-state index contributed by atoms with van der Waals surface area (Å²) in [5.41, 5.74) is 4.34. The van der Waals surface area contributed by atoms with Crippen molar-refractivity contribution in [2.45, 2.75) is 47.0 Å². The summed E-state index contributed by atoms with van der Waals surface area (Å²) in [5.74, 6) is -0.0985. The van der Waals surface area contributed by atoms with Crippen LogP contribution in [-0.2, 0) is 27.4 Å². The fourth-order valence-electron chi connectivity index (χ4n) is 4.27. The molecule has 0 aliphatic carbocycles. The van der Waals surface area contributed by atoms with E-state index in [4.69, 9.17) is 44.3 Å². The number of alkyl halides is 3. The van der Waals surface area contributed by atoms with E-state index in [0.29, 0.717) is 17.3 Å². The van der Waals surface area contributed by atoms with Crippen LogP contribution in [0.1, 0.15) is 41.1 Å². The van der Waals surface area contributed by atoms with Gasteiger partial charge in [-0.3, -0.25) is 4.79 Å². The summed E-state index contributed by atoms with van der Waals surface area (Å²) in [6.45, 7) is 0.177. The van der Waals surface area contributed by atoms with Gasteiger partial charge in [-0.15, -0.1) is 5.10 Å². The van der Waals surface area contributed by atoms with E-state index in [-0.39, 0.29) is 25.4 Å². The zero-order chi connectivity index (χ0) is 28.8. The molecule has 1 fully saturated rings. The van der Waals surface area contributed by atoms with Crippen molar-refractivity contribution in [1.29, 1.82) is 0 Å². The first-order valence-corrected chi connectivity index (χ1v) is 14.8. The van der Waals surface area contributed by atoms with Gasteiger partial charge in [0.25, 0.3) is 9.70 Å². The number of aliphatic hydroxyl groups excluding tert-OH is 1. The molecule has 13 heteroatoms. The number of amides is 1. The van der Waals surface area contributed by atoms with Crippen LogP contribution in [0.25, 0.3) is 5.69 Å². The summed E-state index contributed by atoms with van der Waals surface area (Å²) >= 11 is 18.4. The first-order chi connectivity index (χ1) is 19.8. The van der Waals surface area contributed by atoms with Crippen molar-refractivity contribution in [1.82, 2.24) is 25.5 Å². The Morgan fingerprint density at radius 3 is 2.34 bits per heavy atom. The molecule has 2 heterocycles. The van der Waals surface area contributed by atoms with Crippen LogP contribution >= 0.6 is 46.6 Å². The van der Waals surface area contributed by atoms with E-state index in [0.717, 1.165) is 27.9 Å². The number of carbonyl (C=O) groups is 1. The molecule has 0 radical (unpaired) electrons. The molecule has 0 saturated carbocycles. The molecular formula is C28H26Cl3N5O4S. The van der Waals surface area contributed by atoms with Crippen LogP contribution in [0.5, 0.6) is 0 Å². The highest BCUT2D eigenvalue weighted by molar-refractivity contribution is 7.99. The summed E-state index contributed by atoms with van der Waals surface area (Å²) < 4.78 is 12.5. The number of ether oxygens (including phenoxy) is 2. The summed E-state index contributed by atoms with van der Waals surface area (Å²) in [7, 11) is 0. The van der Waals surface area contributed by atoms with Crippen LogP contribution in [0.15, 0.2) is 84.0 Å². The van der Waals surface area contributed by atoms with Crippen molar-refractivity contribution < 1.29 is 19.4 Å². The van der Waals surface area contributed by atoms with Gasteiger partial charge in [0.1, 0.15) is 0 Å². The highest BCUT2D eigenvalue weighted by atomic mass is 35.6. The molecule has 3 aromatic carbocycles. The van der Waals surface area contributed by atoms with Crippen molar-refractivity contribution in [2.75, 3.05) is 5.75 Å². The molecule has 0 bridgehead atoms. The molecule has 0 spiro atoms. The molecular weight excluding hydrogens is 609 g/mol. The molecule has 1 aliphatic rings. The quantitative estimate of drug-likeness (QED) is 0.184. The number of nitrogens with zero attached hydrogens (tertiary/aromatic N) is 4. The Morgan fingerprint density at radius 2 is 1.66 bits per heavy atom. The Kier molecular flexibility index (Phi) is 9.82. The normalized spacial score (nSPS) is 19.2. The van der Waals surface area contributed by atoms with Gasteiger partial charge in [-0.25, -0.2) is 0 Å². The van der Waals surface area contributed by atoms with Gasteiger partial charge in [0.15, 0.2) is 6.29 Å². The van der Waals surface area contributed by atoms with Gasteiger partial charge in [-0.2, -0.15) is 4.68 Å². The van der Waals surface area contributed by atoms with Gasteiger partial charge >= 0.3 is 0 Å². The lowest BCUT2D eigenvalue weighted by Crippen LogP contribution is -2.34. The number of rotatable bonds is 9. The number of halogens is 3.